The normalized spacial score (nSPS) is 17.2. The van der Waals surface area contributed by atoms with Crippen LogP contribution in [0.3, 0.4) is 0 Å². The highest BCUT2D eigenvalue weighted by atomic mass is 32.2. The van der Waals surface area contributed by atoms with Crippen LogP contribution >= 0.6 is 23.1 Å². The summed E-state index contributed by atoms with van der Waals surface area (Å²) in [6.07, 6.45) is 2.61. The smallest absolute Gasteiger partial charge is 0.338 e. The van der Waals surface area contributed by atoms with Crippen LogP contribution in [0.2, 0.25) is 0 Å². The maximum absolute atomic E-state index is 13.1. The first-order chi connectivity index (χ1) is 15.8. The zero-order chi connectivity index (χ0) is 23.7. The first-order valence-electron chi connectivity index (χ1n) is 10.6. The molecule has 0 amide bonds. The largest absolute Gasteiger partial charge is 0.462 e. The number of carbonyl (C=O) groups is 2. The molecule has 1 aliphatic rings. The van der Waals surface area contributed by atoms with E-state index in [9.17, 15) is 9.59 Å². The number of hydrogen-bond donors (Lipinski definition) is 1. The van der Waals surface area contributed by atoms with Crippen LogP contribution in [0.15, 0.2) is 35.2 Å². The highest BCUT2D eigenvalue weighted by Gasteiger charge is 2.39. The van der Waals surface area contributed by atoms with Gasteiger partial charge in [-0.2, -0.15) is 0 Å². The molecule has 2 aromatic heterocycles. The molecule has 1 aliphatic heterocycles. The van der Waals surface area contributed by atoms with Gasteiger partial charge in [-0.15, -0.1) is 21.5 Å². The van der Waals surface area contributed by atoms with Crippen molar-refractivity contribution in [3.63, 3.8) is 0 Å². The van der Waals surface area contributed by atoms with Crippen LogP contribution in [0, 0.1) is 19.3 Å². The number of esters is 1. The summed E-state index contributed by atoms with van der Waals surface area (Å²) in [5, 5.41) is 18.3. The highest BCUT2D eigenvalue weighted by Crippen LogP contribution is 2.42. The molecule has 0 saturated carbocycles. The standard InChI is InChI=1S/C24H24N4O3S2/c1-5-19-26-27-23(33-19)20-21(29)18(32-22(20)25)12-16-11-13(3)28(14(16)4)17-9-7-15(8-10-17)24(30)31-6-2/h7-12,20,25H,5-6H2,1-4H3/b18-12-,25-22?/t20-/m0/s1. The van der Waals surface area contributed by atoms with Crippen LogP contribution in [-0.2, 0) is 16.0 Å². The Hall–Kier alpha value is -3.04. The van der Waals surface area contributed by atoms with Gasteiger partial charge in [0.2, 0.25) is 0 Å². The lowest BCUT2D eigenvalue weighted by molar-refractivity contribution is -0.114. The van der Waals surface area contributed by atoms with Gasteiger partial charge in [-0.1, -0.05) is 18.7 Å². The van der Waals surface area contributed by atoms with Crippen molar-refractivity contribution < 1.29 is 14.3 Å². The molecule has 0 aliphatic carbocycles. The topological polar surface area (TPSA) is 97.9 Å². The van der Waals surface area contributed by atoms with Crippen molar-refractivity contribution in [3.05, 3.63) is 67.8 Å². The fourth-order valence-corrected chi connectivity index (χ4v) is 5.72. The van der Waals surface area contributed by atoms with Crippen LogP contribution in [0.4, 0.5) is 0 Å². The predicted molar refractivity (Wildman–Crippen MR) is 132 cm³/mol. The van der Waals surface area contributed by atoms with Crippen molar-refractivity contribution in [2.45, 2.75) is 40.0 Å². The quantitative estimate of drug-likeness (QED) is 0.389. The maximum Gasteiger partial charge on any atom is 0.338 e. The summed E-state index contributed by atoms with van der Waals surface area (Å²) in [5.74, 6) is -1.10. The van der Waals surface area contributed by atoms with Crippen molar-refractivity contribution in [2.24, 2.45) is 0 Å². The number of nitrogens with one attached hydrogen (secondary N) is 1. The minimum Gasteiger partial charge on any atom is -0.462 e. The van der Waals surface area contributed by atoms with E-state index in [2.05, 4.69) is 14.8 Å². The Morgan fingerprint density at radius 3 is 2.58 bits per heavy atom. The van der Waals surface area contributed by atoms with Crippen molar-refractivity contribution in [2.75, 3.05) is 6.61 Å². The van der Waals surface area contributed by atoms with Gasteiger partial charge in [-0.05, 0) is 69.2 Å². The second-order valence-electron chi connectivity index (χ2n) is 7.59. The Bertz CT molecular complexity index is 1270. The maximum atomic E-state index is 13.1. The Kier molecular flexibility index (Phi) is 6.62. The lowest BCUT2D eigenvalue weighted by atomic mass is 10.1. The average Bonchev–Trinajstić information content (AvgIpc) is 3.45. The third-order valence-electron chi connectivity index (χ3n) is 5.41. The summed E-state index contributed by atoms with van der Waals surface area (Å²) in [6.45, 7) is 8.09. The Morgan fingerprint density at radius 1 is 1.21 bits per heavy atom. The lowest BCUT2D eigenvalue weighted by Crippen LogP contribution is -2.11. The van der Waals surface area contributed by atoms with E-state index < -0.39 is 5.92 Å². The van der Waals surface area contributed by atoms with Gasteiger partial charge in [0.25, 0.3) is 0 Å². The number of benzene rings is 1. The lowest BCUT2D eigenvalue weighted by Gasteiger charge is -2.10. The van der Waals surface area contributed by atoms with Gasteiger partial charge in [0.05, 0.1) is 22.1 Å². The number of Topliss-reactive ketones (excluding diaryl/α,β-unsaturated/α-hetero) is 1. The van der Waals surface area contributed by atoms with Crippen LogP contribution < -0.4 is 0 Å². The molecule has 1 saturated heterocycles. The predicted octanol–water partition coefficient (Wildman–Crippen LogP) is 5.10. The summed E-state index contributed by atoms with van der Waals surface area (Å²) < 4.78 is 7.13. The van der Waals surface area contributed by atoms with Gasteiger partial charge >= 0.3 is 5.97 Å². The molecule has 9 heteroatoms. The molecule has 0 radical (unpaired) electrons. The van der Waals surface area contributed by atoms with Crippen LogP contribution in [0.25, 0.3) is 11.8 Å². The molecule has 7 nitrogen and oxygen atoms in total. The molecule has 33 heavy (non-hydrogen) atoms. The number of carbonyl (C=O) groups excluding carboxylic acids is 2. The van der Waals surface area contributed by atoms with Gasteiger partial charge in [0.15, 0.2) is 5.78 Å². The fraction of sp³-hybridized carbons (Fsp3) is 0.292. The van der Waals surface area contributed by atoms with Crippen molar-refractivity contribution in [1.29, 1.82) is 5.41 Å². The molecular weight excluding hydrogens is 456 g/mol. The zero-order valence-corrected chi connectivity index (χ0v) is 20.5. The fourth-order valence-electron chi connectivity index (χ4n) is 3.77. The first-order valence-corrected chi connectivity index (χ1v) is 12.3. The number of aryl methyl sites for hydroxylation is 2. The van der Waals surface area contributed by atoms with Crippen molar-refractivity contribution >= 4 is 46.0 Å². The van der Waals surface area contributed by atoms with E-state index in [0.29, 0.717) is 22.1 Å². The molecule has 170 valence electrons. The molecule has 1 N–H and O–H groups in total. The number of nitrogens with zero attached hydrogens (tertiary/aromatic N) is 3. The number of ether oxygens (including phenoxy) is 1. The Morgan fingerprint density at radius 2 is 1.94 bits per heavy atom. The second kappa shape index (κ2) is 9.44. The van der Waals surface area contributed by atoms with Crippen LogP contribution in [0.5, 0.6) is 0 Å². The van der Waals surface area contributed by atoms with Crippen molar-refractivity contribution in [1.82, 2.24) is 14.8 Å². The SMILES string of the molecule is CCOC(=O)c1ccc(-n2c(C)cc(/C=C3\SC(=N)[C@@H](c4nnc(CC)s4)C3=O)c2C)cc1. The first kappa shape index (κ1) is 23.1. The van der Waals surface area contributed by atoms with Crippen molar-refractivity contribution in [3.8, 4) is 5.69 Å². The minimum absolute atomic E-state index is 0.104. The van der Waals surface area contributed by atoms with E-state index in [1.807, 2.05) is 45.0 Å². The number of thioether (sulfide) groups is 1. The molecule has 3 aromatic rings. The Labute approximate surface area is 200 Å². The van der Waals surface area contributed by atoms with E-state index >= 15 is 0 Å². The number of hydrogen-bond acceptors (Lipinski definition) is 8. The monoisotopic (exact) mass is 480 g/mol. The molecule has 0 unspecified atom stereocenters. The molecule has 3 heterocycles. The second-order valence-corrected chi connectivity index (χ2v) is 9.77. The van der Waals surface area contributed by atoms with E-state index in [-0.39, 0.29) is 16.8 Å². The molecule has 4 rings (SSSR count). The van der Waals surface area contributed by atoms with E-state index in [4.69, 9.17) is 10.1 Å². The molecular formula is C24H24N4O3S2. The van der Waals surface area contributed by atoms with E-state index in [1.54, 1.807) is 19.1 Å². The summed E-state index contributed by atoms with van der Waals surface area (Å²) in [4.78, 5) is 25.6. The number of aromatic nitrogens is 3. The summed E-state index contributed by atoms with van der Waals surface area (Å²) in [6, 6.07) is 9.28. The van der Waals surface area contributed by atoms with Gasteiger partial charge in [0.1, 0.15) is 15.9 Å². The van der Waals surface area contributed by atoms with Gasteiger partial charge in [0, 0.05) is 17.1 Å². The summed E-state index contributed by atoms with van der Waals surface area (Å²) in [7, 11) is 0. The average molecular weight is 481 g/mol. The minimum atomic E-state index is -0.655. The zero-order valence-electron chi connectivity index (χ0n) is 18.8. The molecule has 1 atom stereocenters. The number of ketones is 1. The van der Waals surface area contributed by atoms with Gasteiger partial charge < -0.3 is 9.30 Å². The van der Waals surface area contributed by atoms with E-state index in [1.165, 1.54) is 23.1 Å². The van der Waals surface area contributed by atoms with Crippen LogP contribution in [0.1, 0.15) is 57.1 Å². The third-order valence-corrected chi connectivity index (χ3v) is 7.54. The van der Waals surface area contributed by atoms with Crippen LogP contribution in [-0.4, -0.2) is 38.2 Å². The third kappa shape index (κ3) is 4.43. The summed E-state index contributed by atoms with van der Waals surface area (Å²) >= 11 is 2.59. The molecule has 1 fully saturated rings. The van der Waals surface area contributed by atoms with Gasteiger partial charge in [-0.3, -0.25) is 10.2 Å². The highest BCUT2D eigenvalue weighted by molar-refractivity contribution is 8.19. The molecule has 0 bridgehead atoms. The van der Waals surface area contributed by atoms with E-state index in [0.717, 1.165) is 34.1 Å². The molecule has 0 spiro atoms. The number of allylic oxidation sites excluding steroid dienone is 1. The number of rotatable bonds is 6. The Balaban J connectivity index is 1.62. The molecule has 1 aromatic carbocycles. The summed E-state index contributed by atoms with van der Waals surface area (Å²) in [5.41, 5.74) is 4.31. The van der Waals surface area contributed by atoms with Gasteiger partial charge in [-0.25, -0.2) is 4.79 Å².